The van der Waals surface area contributed by atoms with Gasteiger partial charge in [0.2, 0.25) is 0 Å². The zero-order valence-corrected chi connectivity index (χ0v) is 12.4. The van der Waals surface area contributed by atoms with E-state index in [-0.39, 0.29) is 0 Å². The lowest BCUT2D eigenvalue weighted by atomic mass is 9.78. The van der Waals surface area contributed by atoms with Crippen LogP contribution in [-0.4, -0.2) is 27.1 Å². The fraction of sp³-hybridized carbons (Fsp3) is 0. The van der Waals surface area contributed by atoms with E-state index in [1.165, 1.54) is 10.8 Å². The predicted molar refractivity (Wildman–Crippen MR) is 93.3 cm³/mol. The van der Waals surface area contributed by atoms with Crippen LogP contribution >= 0.6 is 0 Å². The van der Waals surface area contributed by atoms with Crippen LogP contribution in [0.3, 0.4) is 0 Å². The maximum Gasteiger partial charge on any atom is 0.489 e. The molecule has 0 fully saturated rings. The molecule has 112 valence electrons. The highest BCUT2D eigenvalue weighted by molar-refractivity contribution is 6.61. The van der Waals surface area contributed by atoms with E-state index in [4.69, 9.17) is 10.0 Å². The molecule has 0 aliphatic heterocycles. The predicted octanol–water partition coefficient (Wildman–Crippen LogP) is 2.15. The minimum atomic E-state index is -1.44. The molecule has 0 aliphatic carbocycles. The minimum absolute atomic E-state index is 0.491. The topological polar surface area (TPSA) is 66.2 Å². The standard InChI is InChI=1S/C9H8BNO2.C9H7N/c12-10(13)8-5-6-11-9-4-2-1-3-7(8)9;1-2-4-9-7-10-6-5-8(9)3-1/h1-6,12-13H;1-7H. The van der Waals surface area contributed by atoms with Crippen LogP contribution in [0.4, 0.5) is 0 Å². The SMILES string of the molecule is OB(O)c1ccnc2ccccc12.c1ccc2cnccc2c1. The molecule has 4 rings (SSSR count). The first kappa shape index (κ1) is 15.2. The smallest absolute Gasteiger partial charge is 0.423 e. The monoisotopic (exact) mass is 302 g/mol. The summed E-state index contributed by atoms with van der Waals surface area (Å²) < 4.78 is 0. The summed E-state index contributed by atoms with van der Waals surface area (Å²) in [4.78, 5) is 8.11. The van der Waals surface area contributed by atoms with Gasteiger partial charge in [-0.1, -0.05) is 42.5 Å². The van der Waals surface area contributed by atoms with Crippen LogP contribution in [-0.2, 0) is 0 Å². The maximum atomic E-state index is 9.05. The molecule has 5 heteroatoms. The molecule has 4 aromatic rings. The fourth-order valence-corrected chi connectivity index (χ4v) is 2.37. The summed E-state index contributed by atoms with van der Waals surface area (Å²) in [6.07, 6.45) is 5.24. The van der Waals surface area contributed by atoms with E-state index in [0.717, 1.165) is 10.9 Å². The van der Waals surface area contributed by atoms with Crippen molar-refractivity contribution in [2.75, 3.05) is 0 Å². The molecule has 0 bridgehead atoms. The number of para-hydroxylation sites is 1. The van der Waals surface area contributed by atoms with Gasteiger partial charge in [-0.25, -0.2) is 0 Å². The van der Waals surface area contributed by atoms with Crippen LogP contribution < -0.4 is 5.46 Å². The van der Waals surface area contributed by atoms with E-state index >= 15 is 0 Å². The van der Waals surface area contributed by atoms with Gasteiger partial charge in [-0.3, -0.25) is 9.97 Å². The Kier molecular flexibility index (Phi) is 4.61. The molecule has 0 unspecified atom stereocenters. The number of pyridine rings is 2. The summed E-state index contributed by atoms with van der Waals surface area (Å²) in [5.41, 5.74) is 1.26. The minimum Gasteiger partial charge on any atom is -0.423 e. The van der Waals surface area contributed by atoms with E-state index in [1.807, 2.05) is 54.9 Å². The first-order chi connectivity index (χ1) is 11.3. The summed E-state index contributed by atoms with van der Waals surface area (Å²) in [6, 6.07) is 19.2. The Morgan fingerprint density at radius 2 is 1.48 bits per heavy atom. The molecule has 2 N–H and O–H groups in total. The quantitative estimate of drug-likeness (QED) is 0.529. The molecule has 0 saturated carbocycles. The number of nitrogens with zero attached hydrogens (tertiary/aromatic N) is 2. The highest BCUT2D eigenvalue weighted by atomic mass is 16.4. The van der Waals surface area contributed by atoms with Crippen molar-refractivity contribution in [3.8, 4) is 0 Å². The van der Waals surface area contributed by atoms with Crippen molar-refractivity contribution >= 4 is 34.3 Å². The second-order valence-corrected chi connectivity index (χ2v) is 5.01. The third-order valence-electron chi connectivity index (χ3n) is 3.51. The van der Waals surface area contributed by atoms with Gasteiger partial charge < -0.3 is 10.0 Å². The molecule has 0 aliphatic rings. The van der Waals surface area contributed by atoms with Crippen LogP contribution in [0.5, 0.6) is 0 Å². The first-order valence-electron chi connectivity index (χ1n) is 7.24. The molecule has 2 heterocycles. The number of aromatic nitrogens is 2. The molecule has 0 spiro atoms. The van der Waals surface area contributed by atoms with Gasteiger partial charge in [-0.2, -0.15) is 0 Å². The molecule has 2 aromatic heterocycles. The summed E-state index contributed by atoms with van der Waals surface area (Å²) in [7, 11) is -1.44. The van der Waals surface area contributed by atoms with Crippen molar-refractivity contribution < 1.29 is 10.0 Å². The average Bonchev–Trinajstić information content (AvgIpc) is 2.62. The second-order valence-electron chi connectivity index (χ2n) is 5.01. The molecule has 23 heavy (non-hydrogen) atoms. The number of hydrogen-bond acceptors (Lipinski definition) is 4. The first-order valence-corrected chi connectivity index (χ1v) is 7.24. The van der Waals surface area contributed by atoms with E-state index < -0.39 is 7.12 Å². The molecule has 4 nitrogen and oxygen atoms in total. The molecule has 2 aromatic carbocycles. The van der Waals surface area contributed by atoms with Gasteiger partial charge in [0.1, 0.15) is 0 Å². The Balaban J connectivity index is 0.000000140. The van der Waals surface area contributed by atoms with Crippen molar-refractivity contribution in [2.24, 2.45) is 0 Å². The van der Waals surface area contributed by atoms with Gasteiger partial charge >= 0.3 is 7.12 Å². The lowest BCUT2D eigenvalue weighted by molar-refractivity contribution is 0.426. The van der Waals surface area contributed by atoms with Gasteiger partial charge in [0.15, 0.2) is 0 Å². The van der Waals surface area contributed by atoms with Crippen molar-refractivity contribution in [2.45, 2.75) is 0 Å². The Hall–Kier alpha value is -2.76. The van der Waals surface area contributed by atoms with Crippen molar-refractivity contribution in [3.63, 3.8) is 0 Å². The largest absolute Gasteiger partial charge is 0.489 e. The van der Waals surface area contributed by atoms with E-state index in [9.17, 15) is 0 Å². The van der Waals surface area contributed by atoms with E-state index in [1.54, 1.807) is 12.3 Å². The van der Waals surface area contributed by atoms with Crippen LogP contribution in [0.25, 0.3) is 21.7 Å². The summed E-state index contributed by atoms with van der Waals surface area (Å²) in [5.74, 6) is 0. The Morgan fingerprint density at radius 3 is 2.26 bits per heavy atom. The van der Waals surface area contributed by atoms with E-state index in [0.29, 0.717) is 5.46 Å². The van der Waals surface area contributed by atoms with Gasteiger partial charge in [-0.15, -0.1) is 0 Å². The van der Waals surface area contributed by atoms with Crippen LogP contribution in [0.2, 0.25) is 0 Å². The molecule has 0 amide bonds. The lowest BCUT2D eigenvalue weighted by Gasteiger charge is -2.03. The molecular weight excluding hydrogens is 287 g/mol. The van der Waals surface area contributed by atoms with Gasteiger partial charge in [0.25, 0.3) is 0 Å². The van der Waals surface area contributed by atoms with Crippen LogP contribution in [0.15, 0.2) is 79.3 Å². The van der Waals surface area contributed by atoms with E-state index in [2.05, 4.69) is 22.1 Å². The van der Waals surface area contributed by atoms with Crippen molar-refractivity contribution in [3.05, 3.63) is 79.3 Å². The Labute approximate surface area is 134 Å². The Bertz CT molecular complexity index is 858. The number of rotatable bonds is 1. The number of hydrogen-bond donors (Lipinski definition) is 2. The zero-order valence-electron chi connectivity index (χ0n) is 12.4. The highest BCUT2D eigenvalue weighted by Crippen LogP contribution is 2.09. The maximum absolute atomic E-state index is 9.05. The van der Waals surface area contributed by atoms with Crippen LogP contribution in [0.1, 0.15) is 0 Å². The van der Waals surface area contributed by atoms with Gasteiger partial charge in [0.05, 0.1) is 5.52 Å². The summed E-state index contributed by atoms with van der Waals surface area (Å²) in [6.45, 7) is 0. The van der Waals surface area contributed by atoms with Gasteiger partial charge in [0, 0.05) is 18.6 Å². The van der Waals surface area contributed by atoms with Crippen molar-refractivity contribution in [1.82, 2.24) is 9.97 Å². The second kappa shape index (κ2) is 7.00. The molecule has 0 saturated heterocycles. The molecule has 0 atom stereocenters. The number of fused-ring (bicyclic) bond motifs is 2. The number of benzene rings is 2. The third kappa shape index (κ3) is 3.53. The third-order valence-corrected chi connectivity index (χ3v) is 3.51. The normalized spacial score (nSPS) is 10.2. The average molecular weight is 302 g/mol. The summed E-state index contributed by atoms with van der Waals surface area (Å²) >= 11 is 0. The van der Waals surface area contributed by atoms with Crippen molar-refractivity contribution in [1.29, 1.82) is 0 Å². The molecule has 0 radical (unpaired) electrons. The fourth-order valence-electron chi connectivity index (χ4n) is 2.37. The van der Waals surface area contributed by atoms with Gasteiger partial charge in [-0.05, 0) is 39.8 Å². The van der Waals surface area contributed by atoms with Crippen LogP contribution in [0, 0.1) is 0 Å². The Morgan fingerprint density at radius 1 is 0.739 bits per heavy atom. The summed E-state index contributed by atoms with van der Waals surface area (Å²) in [5, 5.41) is 21.3. The zero-order chi connectivity index (χ0) is 16.1. The molecular formula is C18H15BN2O2. The highest BCUT2D eigenvalue weighted by Gasteiger charge is 2.13. The lowest BCUT2D eigenvalue weighted by Crippen LogP contribution is -2.30.